The van der Waals surface area contributed by atoms with Crippen molar-refractivity contribution >= 4 is 22.5 Å². The van der Waals surface area contributed by atoms with Crippen LogP contribution in [0.15, 0.2) is 53.5 Å². The molecule has 0 fully saturated rings. The van der Waals surface area contributed by atoms with Crippen molar-refractivity contribution < 1.29 is 14.3 Å². The number of fused-ring (bicyclic) bond motifs is 1. The standard InChI is InChI=1S/C21H23N3O4/c1-24-13-17(15-6-4-5-7-16(15)20(24)25)23-21(26)22-11-10-14-8-9-18(27-2)19(12-14)28-3/h4-9,12-13H,10-11H2,1-3H3,(H2,22,23,26). The molecule has 2 aromatic carbocycles. The van der Waals surface area contributed by atoms with Gasteiger partial charge in [-0.1, -0.05) is 24.3 Å². The Morgan fingerprint density at radius 2 is 1.75 bits per heavy atom. The second-order valence-corrected chi connectivity index (χ2v) is 6.32. The summed E-state index contributed by atoms with van der Waals surface area (Å²) in [7, 11) is 4.84. The van der Waals surface area contributed by atoms with Gasteiger partial charge in [0.25, 0.3) is 5.56 Å². The van der Waals surface area contributed by atoms with Crippen molar-refractivity contribution in [2.75, 3.05) is 26.1 Å². The lowest BCUT2D eigenvalue weighted by Gasteiger charge is -2.12. The molecule has 7 heteroatoms. The summed E-state index contributed by atoms with van der Waals surface area (Å²) in [6.45, 7) is 0.449. The van der Waals surface area contributed by atoms with Crippen LogP contribution in [0.1, 0.15) is 5.56 Å². The lowest BCUT2D eigenvalue weighted by molar-refractivity contribution is 0.252. The number of hydrogen-bond acceptors (Lipinski definition) is 4. The lowest BCUT2D eigenvalue weighted by atomic mass is 10.1. The number of rotatable bonds is 6. The summed E-state index contributed by atoms with van der Waals surface area (Å²) in [6, 6.07) is 12.5. The smallest absolute Gasteiger partial charge is 0.319 e. The number of benzene rings is 2. The number of methoxy groups -OCH3 is 2. The number of hydrogen-bond donors (Lipinski definition) is 2. The first-order valence-electron chi connectivity index (χ1n) is 8.87. The Morgan fingerprint density at radius 3 is 2.46 bits per heavy atom. The largest absolute Gasteiger partial charge is 0.493 e. The van der Waals surface area contributed by atoms with E-state index < -0.39 is 0 Å². The average molecular weight is 381 g/mol. The molecule has 0 aliphatic carbocycles. The Bertz CT molecular complexity index is 1060. The Kier molecular flexibility index (Phi) is 5.84. The molecule has 0 saturated carbocycles. The van der Waals surface area contributed by atoms with Gasteiger partial charge in [-0.25, -0.2) is 4.79 Å². The Labute approximate surface area is 162 Å². The van der Waals surface area contributed by atoms with Crippen molar-refractivity contribution in [3.05, 3.63) is 64.6 Å². The molecule has 3 rings (SSSR count). The summed E-state index contributed by atoms with van der Waals surface area (Å²) in [5, 5.41) is 6.93. The summed E-state index contributed by atoms with van der Waals surface area (Å²) in [6.07, 6.45) is 2.26. The van der Waals surface area contributed by atoms with E-state index in [0.29, 0.717) is 40.9 Å². The number of aromatic nitrogens is 1. The van der Waals surface area contributed by atoms with E-state index in [2.05, 4.69) is 10.6 Å². The number of urea groups is 1. The Morgan fingerprint density at radius 1 is 1.04 bits per heavy atom. The fourth-order valence-electron chi connectivity index (χ4n) is 3.04. The van der Waals surface area contributed by atoms with Crippen molar-refractivity contribution in [2.24, 2.45) is 7.05 Å². The highest BCUT2D eigenvalue weighted by atomic mass is 16.5. The van der Waals surface area contributed by atoms with E-state index >= 15 is 0 Å². The van der Waals surface area contributed by atoms with Crippen molar-refractivity contribution in [3.8, 4) is 11.5 Å². The molecule has 1 heterocycles. The minimum absolute atomic E-state index is 0.102. The molecule has 0 unspecified atom stereocenters. The van der Waals surface area contributed by atoms with E-state index in [1.165, 1.54) is 4.57 Å². The monoisotopic (exact) mass is 381 g/mol. The number of nitrogens with zero attached hydrogens (tertiary/aromatic N) is 1. The molecule has 0 atom stereocenters. The van der Waals surface area contributed by atoms with Crippen molar-refractivity contribution in [1.29, 1.82) is 0 Å². The van der Waals surface area contributed by atoms with Crippen LogP contribution in [0, 0.1) is 0 Å². The zero-order chi connectivity index (χ0) is 20.1. The summed E-state index contributed by atoms with van der Waals surface area (Å²) in [5.41, 5.74) is 1.50. The first-order chi connectivity index (χ1) is 13.5. The number of amides is 2. The van der Waals surface area contributed by atoms with Gasteiger partial charge in [0, 0.05) is 30.6 Å². The summed E-state index contributed by atoms with van der Waals surface area (Å²) < 4.78 is 12.0. The molecule has 7 nitrogen and oxygen atoms in total. The van der Waals surface area contributed by atoms with Gasteiger partial charge >= 0.3 is 6.03 Å². The van der Waals surface area contributed by atoms with Gasteiger partial charge in [-0.15, -0.1) is 0 Å². The van der Waals surface area contributed by atoms with Crippen LogP contribution in [0.2, 0.25) is 0 Å². The SMILES string of the molecule is COc1ccc(CCNC(=O)Nc2cn(C)c(=O)c3ccccc23)cc1OC. The van der Waals surface area contributed by atoms with E-state index in [1.54, 1.807) is 39.6 Å². The second kappa shape index (κ2) is 8.47. The van der Waals surface area contributed by atoms with Gasteiger partial charge in [-0.05, 0) is 30.2 Å². The minimum Gasteiger partial charge on any atom is -0.493 e. The maximum absolute atomic E-state index is 12.3. The Hall–Kier alpha value is -3.48. The van der Waals surface area contributed by atoms with Gasteiger partial charge in [0.15, 0.2) is 11.5 Å². The van der Waals surface area contributed by atoms with Crippen LogP contribution in [0.4, 0.5) is 10.5 Å². The molecule has 0 aliphatic rings. The number of carbonyl (C=O) groups excluding carboxylic acids is 1. The molecule has 2 amide bonds. The van der Waals surface area contributed by atoms with Gasteiger partial charge in [0.2, 0.25) is 0 Å². The second-order valence-electron chi connectivity index (χ2n) is 6.32. The highest BCUT2D eigenvalue weighted by Crippen LogP contribution is 2.27. The van der Waals surface area contributed by atoms with Crippen molar-refractivity contribution in [3.63, 3.8) is 0 Å². The number of carbonyl (C=O) groups is 1. The zero-order valence-electron chi connectivity index (χ0n) is 16.1. The molecule has 0 spiro atoms. The van der Waals surface area contributed by atoms with Crippen LogP contribution in [-0.2, 0) is 13.5 Å². The van der Waals surface area contributed by atoms with E-state index in [9.17, 15) is 9.59 Å². The maximum Gasteiger partial charge on any atom is 0.319 e. The number of aryl methyl sites for hydroxylation is 1. The highest BCUT2D eigenvalue weighted by Gasteiger charge is 2.10. The summed E-state index contributed by atoms with van der Waals surface area (Å²) in [5.74, 6) is 1.32. The van der Waals surface area contributed by atoms with Crippen molar-refractivity contribution in [1.82, 2.24) is 9.88 Å². The molecule has 3 aromatic rings. The molecule has 0 radical (unpaired) electrons. The maximum atomic E-state index is 12.3. The third-order valence-corrected chi connectivity index (χ3v) is 4.49. The quantitative estimate of drug-likeness (QED) is 0.688. The molecule has 0 aliphatic heterocycles. The Balaban J connectivity index is 1.65. The lowest BCUT2D eigenvalue weighted by Crippen LogP contribution is -2.31. The van der Waals surface area contributed by atoms with Gasteiger partial charge in [-0.2, -0.15) is 0 Å². The molecule has 2 N–H and O–H groups in total. The predicted octanol–water partition coefficient (Wildman–Crippen LogP) is 2.92. The van der Waals surface area contributed by atoms with Crippen LogP contribution >= 0.6 is 0 Å². The third kappa shape index (κ3) is 4.09. The first kappa shape index (κ1) is 19.3. The van der Waals surface area contributed by atoms with Crippen LogP contribution in [0.25, 0.3) is 10.8 Å². The number of ether oxygens (including phenoxy) is 2. The molecule has 0 saturated heterocycles. The topological polar surface area (TPSA) is 81.6 Å². The van der Waals surface area contributed by atoms with Crippen LogP contribution < -0.4 is 25.7 Å². The van der Waals surface area contributed by atoms with Crippen LogP contribution in [-0.4, -0.2) is 31.4 Å². The molecule has 146 valence electrons. The average Bonchev–Trinajstić information content (AvgIpc) is 2.71. The van der Waals surface area contributed by atoms with Gasteiger partial charge < -0.3 is 24.7 Å². The number of anilines is 1. The van der Waals surface area contributed by atoms with Gasteiger partial charge in [-0.3, -0.25) is 4.79 Å². The van der Waals surface area contributed by atoms with E-state index in [0.717, 1.165) is 5.56 Å². The molecule has 0 bridgehead atoms. The van der Waals surface area contributed by atoms with Crippen molar-refractivity contribution in [2.45, 2.75) is 6.42 Å². The fraction of sp³-hybridized carbons (Fsp3) is 0.238. The molecule has 28 heavy (non-hydrogen) atoms. The van der Waals surface area contributed by atoms with Gasteiger partial charge in [0.1, 0.15) is 0 Å². The van der Waals surface area contributed by atoms with Crippen LogP contribution in [0.3, 0.4) is 0 Å². The first-order valence-corrected chi connectivity index (χ1v) is 8.87. The summed E-state index contributed by atoms with van der Waals surface area (Å²) in [4.78, 5) is 24.5. The number of pyridine rings is 1. The zero-order valence-corrected chi connectivity index (χ0v) is 16.1. The van der Waals surface area contributed by atoms with Gasteiger partial charge in [0.05, 0.1) is 19.9 Å². The van der Waals surface area contributed by atoms with E-state index in [-0.39, 0.29) is 11.6 Å². The van der Waals surface area contributed by atoms with Crippen LogP contribution in [0.5, 0.6) is 11.5 Å². The molecular weight excluding hydrogens is 358 g/mol. The fourth-order valence-corrected chi connectivity index (χ4v) is 3.04. The highest BCUT2D eigenvalue weighted by molar-refractivity contribution is 6.00. The third-order valence-electron chi connectivity index (χ3n) is 4.49. The minimum atomic E-state index is -0.329. The normalized spacial score (nSPS) is 10.5. The molecule has 1 aromatic heterocycles. The predicted molar refractivity (Wildman–Crippen MR) is 109 cm³/mol. The summed E-state index contributed by atoms with van der Waals surface area (Å²) >= 11 is 0. The van der Waals surface area contributed by atoms with E-state index in [1.807, 2.05) is 30.3 Å². The van der Waals surface area contributed by atoms with E-state index in [4.69, 9.17) is 9.47 Å². The number of nitrogens with one attached hydrogen (secondary N) is 2. The molecular formula is C21H23N3O4.